The SMILES string of the molecule is COc1c(C(=O)O)ccc(O)c1N. The van der Waals surface area contributed by atoms with E-state index in [0.29, 0.717) is 0 Å². The highest BCUT2D eigenvalue weighted by Gasteiger charge is 2.15. The van der Waals surface area contributed by atoms with Crippen LogP contribution in [0.1, 0.15) is 10.4 Å². The van der Waals surface area contributed by atoms with E-state index in [1.165, 1.54) is 19.2 Å². The largest absolute Gasteiger partial charge is 0.506 e. The maximum Gasteiger partial charge on any atom is 0.339 e. The van der Waals surface area contributed by atoms with Gasteiger partial charge in [-0.2, -0.15) is 0 Å². The molecule has 4 N–H and O–H groups in total. The number of ether oxygens (including phenoxy) is 1. The third kappa shape index (κ3) is 1.48. The molecule has 0 unspecified atom stereocenters. The molecular weight excluding hydrogens is 174 g/mol. The van der Waals surface area contributed by atoms with Crippen LogP contribution in [0, 0.1) is 0 Å². The molecule has 1 aromatic rings. The van der Waals surface area contributed by atoms with Crippen molar-refractivity contribution in [3.05, 3.63) is 17.7 Å². The zero-order chi connectivity index (χ0) is 10.0. The van der Waals surface area contributed by atoms with Gasteiger partial charge in [0, 0.05) is 0 Å². The predicted octanol–water partition coefficient (Wildman–Crippen LogP) is 0.681. The van der Waals surface area contributed by atoms with Crippen LogP contribution in [0.4, 0.5) is 5.69 Å². The van der Waals surface area contributed by atoms with E-state index < -0.39 is 5.97 Å². The van der Waals surface area contributed by atoms with Crippen LogP contribution >= 0.6 is 0 Å². The number of aromatic carboxylic acids is 1. The normalized spacial score (nSPS) is 9.62. The van der Waals surface area contributed by atoms with E-state index in [0.717, 1.165) is 0 Å². The molecule has 0 spiro atoms. The number of phenols is 1. The van der Waals surface area contributed by atoms with E-state index in [9.17, 15) is 4.79 Å². The van der Waals surface area contributed by atoms with Gasteiger partial charge >= 0.3 is 5.97 Å². The Bertz CT molecular complexity index is 348. The lowest BCUT2D eigenvalue weighted by molar-refractivity contribution is 0.0693. The molecule has 0 aromatic heterocycles. The van der Waals surface area contributed by atoms with Crippen LogP contribution < -0.4 is 10.5 Å². The quantitative estimate of drug-likeness (QED) is 0.463. The lowest BCUT2D eigenvalue weighted by Gasteiger charge is -2.08. The first kappa shape index (κ1) is 9.18. The molecule has 70 valence electrons. The number of nitrogen functional groups attached to an aromatic ring is 1. The molecule has 13 heavy (non-hydrogen) atoms. The zero-order valence-corrected chi connectivity index (χ0v) is 6.94. The number of rotatable bonds is 2. The summed E-state index contributed by atoms with van der Waals surface area (Å²) in [6, 6.07) is 2.44. The molecule has 5 nitrogen and oxygen atoms in total. The summed E-state index contributed by atoms with van der Waals surface area (Å²) in [5.74, 6) is -1.36. The number of carboxylic acid groups (broad SMARTS) is 1. The summed E-state index contributed by atoms with van der Waals surface area (Å²) in [6.45, 7) is 0. The van der Waals surface area contributed by atoms with Crippen molar-refractivity contribution in [2.24, 2.45) is 0 Å². The standard InChI is InChI=1S/C8H9NO4/c1-13-7-4(8(11)12)2-3-5(10)6(7)9/h2-3,10H,9H2,1H3,(H,11,12). The van der Waals surface area contributed by atoms with Gasteiger partial charge in [0.05, 0.1) is 7.11 Å². The topological polar surface area (TPSA) is 92.8 Å². The van der Waals surface area contributed by atoms with Gasteiger partial charge in [-0.25, -0.2) is 4.79 Å². The second-order valence-corrected chi connectivity index (χ2v) is 2.38. The van der Waals surface area contributed by atoms with E-state index in [2.05, 4.69) is 0 Å². The Hall–Kier alpha value is -1.91. The van der Waals surface area contributed by atoms with E-state index in [-0.39, 0.29) is 22.7 Å². The Kier molecular flexibility index (Phi) is 2.27. The number of hydrogen-bond donors (Lipinski definition) is 3. The molecule has 0 atom stereocenters. The van der Waals surface area contributed by atoms with Crippen LogP contribution in [0.25, 0.3) is 0 Å². The van der Waals surface area contributed by atoms with Gasteiger partial charge < -0.3 is 20.7 Å². The van der Waals surface area contributed by atoms with Crippen molar-refractivity contribution in [2.45, 2.75) is 0 Å². The number of anilines is 1. The molecule has 0 fully saturated rings. The molecule has 0 aliphatic heterocycles. The summed E-state index contributed by atoms with van der Waals surface area (Å²) in [5, 5.41) is 17.8. The summed E-state index contributed by atoms with van der Waals surface area (Å²) in [4.78, 5) is 10.6. The molecule has 0 saturated heterocycles. The van der Waals surface area contributed by atoms with Crippen LogP contribution in [0.15, 0.2) is 12.1 Å². The smallest absolute Gasteiger partial charge is 0.339 e. The highest BCUT2D eigenvalue weighted by atomic mass is 16.5. The summed E-state index contributed by atoms with van der Waals surface area (Å²) >= 11 is 0. The van der Waals surface area contributed by atoms with Gasteiger partial charge in [0.1, 0.15) is 17.0 Å². The fraction of sp³-hybridized carbons (Fsp3) is 0.125. The molecule has 0 heterocycles. The van der Waals surface area contributed by atoms with Crippen LogP contribution in [-0.2, 0) is 0 Å². The molecule has 0 saturated carbocycles. The Morgan fingerprint density at radius 1 is 1.54 bits per heavy atom. The van der Waals surface area contributed by atoms with E-state index in [4.69, 9.17) is 20.7 Å². The maximum atomic E-state index is 10.6. The van der Waals surface area contributed by atoms with Gasteiger partial charge in [0.25, 0.3) is 0 Å². The Labute approximate surface area is 74.4 Å². The zero-order valence-electron chi connectivity index (χ0n) is 6.94. The summed E-state index contributed by atoms with van der Waals surface area (Å²) < 4.78 is 4.75. The summed E-state index contributed by atoms with van der Waals surface area (Å²) in [5.41, 5.74) is 5.25. The first-order valence-corrected chi connectivity index (χ1v) is 3.46. The fourth-order valence-electron chi connectivity index (χ4n) is 0.977. The Morgan fingerprint density at radius 2 is 2.15 bits per heavy atom. The number of carbonyl (C=O) groups is 1. The number of phenolic OH excluding ortho intramolecular Hbond substituents is 1. The Balaban J connectivity index is 3.38. The monoisotopic (exact) mass is 183 g/mol. The third-order valence-electron chi connectivity index (χ3n) is 1.61. The lowest BCUT2D eigenvalue weighted by atomic mass is 10.1. The van der Waals surface area contributed by atoms with Gasteiger partial charge in [-0.1, -0.05) is 0 Å². The summed E-state index contributed by atoms with van der Waals surface area (Å²) in [7, 11) is 1.29. The second kappa shape index (κ2) is 3.22. The minimum atomic E-state index is -1.15. The van der Waals surface area contributed by atoms with Crippen LogP contribution in [0.5, 0.6) is 11.5 Å². The third-order valence-corrected chi connectivity index (χ3v) is 1.61. The molecule has 0 radical (unpaired) electrons. The van der Waals surface area contributed by atoms with Gasteiger partial charge in [0.15, 0.2) is 5.75 Å². The summed E-state index contributed by atoms with van der Waals surface area (Å²) in [6.07, 6.45) is 0. The molecule has 0 bridgehead atoms. The number of carboxylic acids is 1. The minimum absolute atomic E-state index is 0.0208. The molecule has 5 heteroatoms. The number of methoxy groups -OCH3 is 1. The average Bonchev–Trinajstić information content (AvgIpc) is 2.09. The van der Waals surface area contributed by atoms with E-state index in [1.54, 1.807) is 0 Å². The number of hydrogen-bond acceptors (Lipinski definition) is 4. The minimum Gasteiger partial charge on any atom is -0.506 e. The van der Waals surface area contributed by atoms with E-state index in [1.807, 2.05) is 0 Å². The molecule has 0 amide bonds. The number of aromatic hydroxyl groups is 1. The van der Waals surface area contributed by atoms with Gasteiger partial charge in [-0.15, -0.1) is 0 Å². The van der Waals surface area contributed by atoms with Crippen molar-refractivity contribution in [3.63, 3.8) is 0 Å². The van der Waals surface area contributed by atoms with Crippen molar-refractivity contribution in [1.82, 2.24) is 0 Å². The molecule has 0 aliphatic carbocycles. The van der Waals surface area contributed by atoms with Crippen molar-refractivity contribution >= 4 is 11.7 Å². The van der Waals surface area contributed by atoms with E-state index >= 15 is 0 Å². The first-order valence-electron chi connectivity index (χ1n) is 3.46. The maximum absolute atomic E-state index is 10.6. The molecule has 1 aromatic carbocycles. The van der Waals surface area contributed by atoms with Gasteiger partial charge in [-0.05, 0) is 12.1 Å². The molecular formula is C8H9NO4. The van der Waals surface area contributed by atoms with Gasteiger partial charge in [-0.3, -0.25) is 0 Å². The van der Waals surface area contributed by atoms with Crippen molar-refractivity contribution < 1.29 is 19.7 Å². The number of benzene rings is 1. The van der Waals surface area contributed by atoms with Crippen molar-refractivity contribution in [2.75, 3.05) is 12.8 Å². The predicted molar refractivity (Wildman–Crippen MR) is 46.0 cm³/mol. The first-order chi connectivity index (χ1) is 6.07. The van der Waals surface area contributed by atoms with Crippen molar-refractivity contribution in [1.29, 1.82) is 0 Å². The fourth-order valence-corrected chi connectivity index (χ4v) is 0.977. The second-order valence-electron chi connectivity index (χ2n) is 2.38. The number of nitrogens with two attached hydrogens (primary N) is 1. The van der Waals surface area contributed by atoms with Crippen LogP contribution in [0.2, 0.25) is 0 Å². The molecule has 1 rings (SSSR count). The molecule has 0 aliphatic rings. The highest BCUT2D eigenvalue weighted by molar-refractivity contribution is 5.94. The van der Waals surface area contributed by atoms with Crippen LogP contribution in [0.3, 0.4) is 0 Å². The Morgan fingerprint density at radius 3 is 2.62 bits per heavy atom. The lowest BCUT2D eigenvalue weighted by Crippen LogP contribution is -2.03. The highest BCUT2D eigenvalue weighted by Crippen LogP contribution is 2.33. The van der Waals surface area contributed by atoms with Crippen molar-refractivity contribution in [3.8, 4) is 11.5 Å². The average molecular weight is 183 g/mol. The van der Waals surface area contributed by atoms with Gasteiger partial charge in [0.2, 0.25) is 0 Å². The van der Waals surface area contributed by atoms with Crippen LogP contribution in [-0.4, -0.2) is 23.3 Å².